The number of nitrogens with zero attached hydrogens (tertiary/aromatic N) is 4. The molecule has 6 rings (SSSR count). The summed E-state index contributed by atoms with van der Waals surface area (Å²) in [5.41, 5.74) is 8.54. The molecule has 0 radical (unpaired) electrons. The molecule has 0 aliphatic carbocycles. The molecule has 0 unspecified atom stereocenters. The minimum absolute atomic E-state index is 0.163. The van der Waals surface area contributed by atoms with Crippen LogP contribution in [0.25, 0.3) is 0 Å². The van der Waals surface area contributed by atoms with Crippen molar-refractivity contribution in [2.24, 2.45) is 11.7 Å². The van der Waals surface area contributed by atoms with Gasteiger partial charge in [0.2, 0.25) is 11.8 Å². The van der Waals surface area contributed by atoms with Crippen LogP contribution >= 0.6 is 0 Å². The maximum atomic E-state index is 14.4. The molecule has 204 valence electrons. The molecule has 4 aliphatic rings. The normalized spacial score (nSPS) is 22.1. The Kier molecular flexibility index (Phi) is 6.46. The molecule has 0 bridgehead atoms. The van der Waals surface area contributed by atoms with Crippen molar-refractivity contribution >= 4 is 35.0 Å². The molecule has 0 spiro atoms. The molecule has 1 atom stereocenters. The number of halogens is 1. The zero-order valence-electron chi connectivity index (χ0n) is 21.6. The summed E-state index contributed by atoms with van der Waals surface area (Å²) in [5.74, 6) is -1.51. The van der Waals surface area contributed by atoms with Crippen LogP contribution in [0.15, 0.2) is 36.4 Å². The molecular weight excluding hydrogens is 503 g/mol. The fourth-order valence-electron chi connectivity index (χ4n) is 6.21. The van der Waals surface area contributed by atoms with Crippen LogP contribution in [-0.4, -0.2) is 85.3 Å². The largest absolute Gasteiger partial charge is 0.369 e. The SMILES string of the molecule is NC(=O)c1cccc(F)c1N1CC(CN2CCN(c3ccc4c(c3)CN([C@H]3CCC(=O)NC3=O)C4=O)CC2)C1. The highest BCUT2D eigenvalue weighted by atomic mass is 19.1. The molecule has 0 aromatic heterocycles. The van der Waals surface area contributed by atoms with Gasteiger partial charge < -0.3 is 20.4 Å². The monoisotopic (exact) mass is 534 g/mol. The van der Waals surface area contributed by atoms with Crippen LogP contribution in [0.4, 0.5) is 15.8 Å². The predicted octanol–water partition coefficient (Wildman–Crippen LogP) is 0.944. The summed E-state index contributed by atoms with van der Waals surface area (Å²) >= 11 is 0. The van der Waals surface area contributed by atoms with Crippen molar-refractivity contribution in [2.45, 2.75) is 25.4 Å². The second-order valence-corrected chi connectivity index (χ2v) is 10.8. The highest BCUT2D eigenvalue weighted by Gasteiger charge is 2.39. The van der Waals surface area contributed by atoms with E-state index in [9.17, 15) is 23.6 Å². The van der Waals surface area contributed by atoms with Gasteiger partial charge in [0.05, 0.1) is 11.3 Å². The van der Waals surface area contributed by atoms with Gasteiger partial charge >= 0.3 is 0 Å². The van der Waals surface area contributed by atoms with E-state index in [0.29, 0.717) is 43.2 Å². The topological polar surface area (TPSA) is 119 Å². The van der Waals surface area contributed by atoms with E-state index in [4.69, 9.17) is 5.73 Å². The molecule has 0 saturated carbocycles. The van der Waals surface area contributed by atoms with Crippen LogP contribution < -0.4 is 20.9 Å². The number of piperazine rings is 1. The Labute approximate surface area is 225 Å². The second kappa shape index (κ2) is 9.96. The number of benzene rings is 2. The van der Waals surface area contributed by atoms with Gasteiger partial charge in [0.25, 0.3) is 11.8 Å². The molecule has 3 saturated heterocycles. The lowest BCUT2D eigenvalue weighted by Gasteiger charge is -2.45. The zero-order chi connectivity index (χ0) is 27.3. The first-order valence-corrected chi connectivity index (χ1v) is 13.4. The Hall–Kier alpha value is -3.99. The molecular formula is C28H31FN6O4. The first-order chi connectivity index (χ1) is 18.8. The van der Waals surface area contributed by atoms with Crippen LogP contribution in [0.1, 0.15) is 39.1 Å². The zero-order valence-corrected chi connectivity index (χ0v) is 21.6. The number of fused-ring (bicyclic) bond motifs is 1. The lowest BCUT2D eigenvalue weighted by Crippen LogP contribution is -2.55. The van der Waals surface area contributed by atoms with Crippen molar-refractivity contribution in [2.75, 3.05) is 55.6 Å². The average molecular weight is 535 g/mol. The third-order valence-electron chi connectivity index (χ3n) is 8.29. The van der Waals surface area contributed by atoms with Crippen LogP contribution in [0, 0.1) is 11.7 Å². The lowest BCUT2D eigenvalue weighted by molar-refractivity contribution is -0.136. The summed E-state index contributed by atoms with van der Waals surface area (Å²) in [7, 11) is 0. The summed E-state index contributed by atoms with van der Waals surface area (Å²) in [6.45, 7) is 6.12. The number of rotatable bonds is 6. The molecule has 3 N–H and O–H groups in total. The minimum Gasteiger partial charge on any atom is -0.369 e. The fraction of sp³-hybridized carbons (Fsp3) is 0.429. The van der Waals surface area contributed by atoms with Crippen LogP contribution in [0.5, 0.6) is 0 Å². The van der Waals surface area contributed by atoms with Crippen molar-refractivity contribution < 1.29 is 23.6 Å². The van der Waals surface area contributed by atoms with Crippen molar-refractivity contribution in [3.63, 3.8) is 0 Å². The van der Waals surface area contributed by atoms with Gasteiger partial charge in [-0.15, -0.1) is 0 Å². The molecule has 2 aromatic rings. The van der Waals surface area contributed by atoms with Crippen molar-refractivity contribution in [3.05, 3.63) is 58.9 Å². The Morgan fingerprint density at radius 1 is 1.03 bits per heavy atom. The third-order valence-corrected chi connectivity index (χ3v) is 8.29. The standard InChI is InChI=1S/C28H31FN6O4/c29-22-3-1-2-21(26(30)37)25(22)34-14-17(15-34)13-32-8-10-33(11-9-32)19-4-5-20-18(12-19)16-35(28(20)39)23-6-7-24(36)31-27(23)38/h1-5,12,17,23H,6-11,13-16H2,(H2,30,37)(H,31,36,38)/t23-/m0/s1. The Morgan fingerprint density at radius 3 is 2.51 bits per heavy atom. The quantitative estimate of drug-likeness (QED) is 0.530. The van der Waals surface area contributed by atoms with E-state index in [-0.39, 0.29) is 23.8 Å². The number of carbonyl (C=O) groups is 4. The third kappa shape index (κ3) is 4.71. The van der Waals surface area contributed by atoms with Gasteiger partial charge in [-0.2, -0.15) is 0 Å². The summed E-state index contributed by atoms with van der Waals surface area (Å²) < 4.78 is 14.4. The number of para-hydroxylation sites is 1. The summed E-state index contributed by atoms with van der Waals surface area (Å²) in [5, 5.41) is 2.34. The van der Waals surface area contributed by atoms with E-state index >= 15 is 0 Å². The highest BCUT2D eigenvalue weighted by Crippen LogP contribution is 2.33. The van der Waals surface area contributed by atoms with Gasteiger partial charge in [-0.05, 0) is 42.3 Å². The first-order valence-electron chi connectivity index (χ1n) is 13.4. The van der Waals surface area contributed by atoms with Crippen molar-refractivity contribution in [1.82, 2.24) is 15.1 Å². The van der Waals surface area contributed by atoms with Crippen LogP contribution in [0.2, 0.25) is 0 Å². The number of nitrogens with two attached hydrogens (primary N) is 1. The summed E-state index contributed by atoms with van der Waals surface area (Å²) in [6.07, 6.45) is 0.590. The Bertz CT molecular complexity index is 1350. The Morgan fingerprint density at radius 2 is 1.79 bits per heavy atom. The molecule has 2 aromatic carbocycles. The van der Waals surface area contributed by atoms with Gasteiger partial charge in [-0.25, -0.2) is 4.39 Å². The number of nitrogens with one attached hydrogen (secondary N) is 1. The molecule has 4 aliphatic heterocycles. The fourth-order valence-corrected chi connectivity index (χ4v) is 6.21. The van der Waals surface area contributed by atoms with Crippen LogP contribution in [-0.2, 0) is 16.1 Å². The number of amides is 4. The van der Waals surface area contributed by atoms with E-state index in [2.05, 4.69) is 15.1 Å². The second-order valence-electron chi connectivity index (χ2n) is 10.8. The molecule has 4 amide bonds. The molecule has 3 fully saturated rings. The number of imide groups is 1. The number of carbonyl (C=O) groups excluding carboxylic acids is 4. The summed E-state index contributed by atoms with van der Waals surface area (Å²) in [4.78, 5) is 56.7. The van der Waals surface area contributed by atoms with Gasteiger partial charge in [-0.3, -0.25) is 29.4 Å². The van der Waals surface area contributed by atoms with E-state index in [1.165, 1.54) is 12.1 Å². The van der Waals surface area contributed by atoms with Crippen LogP contribution in [0.3, 0.4) is 0 Å². The number of anilines is 2. The summed E-state index contributed by atoms with van der Waals surface area (Å²) in [6, 6.07) is 9.67. The lowest BCUT2D eigenvalue weighted by atomic mass is 9.96. The molecule has 39 heavy (non-hydrogen) atoms. The van der Waals surface area contributed by atoms with Gasteiger partial charge in [0.1, 0.15) is 11.9 Å². The van der Waals surface area contributed by atoms with E-state index in [1.54, 1.807) is 11.0 Å². The number of hydrogen-bond donors (Lipinski definition) is 2. The molecule has 11 heteroatoms. The highest BCUT2D eigenvalue weighted by molar-refractivity contribution is 6.05. The number of hydrogen-bond acceptors (Lipinski definition) is 7. The molecule has 4 heterocycles. The number of primary amides is 1. The van der Waals surface area contributed by atoms with Gasteiger partial charge in [0, 0.05) is 75.9 Å². The van der Waals surface area contributed by atoms with Crippen molar-refractivity contribution in [3.8, 4) is 0 Å². The van der Waals surface area contributed by atoms with Gasteiger partial charge in [-0.1, -0.05) is 6.07 Å². The van der Waals surface area contributed by atoms with E-state index < -0.39 is 23.7 Å². The maximum absolute atomic E-state index is 14.4. The van der Waals surface area contributed by atoms with Crippen molar-refractivity contribution in [1.29, 1.82) is 0 Å². The van der Waals surface area contributed by atoms with E-state index in [0.717, 1.165) is 44.0 Å². The van der Waals surface area contributed by atoms with E-state index in [1.807, 2.05) is 23.1 Å². The maximum Gasteiger partial charge on any atom is 0.255 e. The average Bonchev–Trinajstić information content (AvgIpc) is 3.22. The smallest absolute Gasteiger partial charge is 0.255 e. The Balaban J connectivity index is 1.02. The van der Waals surface area contributed by atoms with Gasteiger partial charge in [0.15, 0.2) is 0 Å². The molecule has 10 nitrogen and oxygen atoms in total. The number of piperidine rings is 1. The predicted molar refractivity (Wildman–Crippen MR) is 142 cm³/mol. The first kappa shape index (κ1) is 25.3. The minimum atomic E-state index is -0.622.